The van der Waals surface area contributed by atoms with E-state index in [4.69, 9.17) is 0 Å². The van der Waals surface area contributed by atoms with Crippen LogP contribution in [0, 0.1) is 20.8 Å². The van der Waals surface area contributed by atoms with E-state index in [9.17, 15) is 0 Å². The molecule has 0 saturated carbocycles. The number of benzene rings is 22. The van der Waals surface area contributed by atoms with Crippen molar-refractivity contribution in [2.75, 3.05) is 0 Å². The van der Waals surface area contributed by atoms with Crippen molar-refractivity contribution in [3.8, 4) is 28.2 Å². The van der Waals surface area contributed by atoms with Crippen molar-refractivity contribution in [1.82, 2.24) is 22.8 Å². The molecule has 9 heterocycles. The fourth-order valence-corrected chi connectivity index (χ4v) is 29.2. The van der Waals surface area contributed by atoms with Gasteiger partial charge in [-0.1, -0.05) is 341 Å². The normalized spacial score (nSPS) is 12.6. The lowest BCUT2D eigenvalue weighted by molar-refractivity contribution is 0.661. The molecule has 141 heavy (non-hydrogen) atoms. The zero-order valence-electron chi connectivity index (χ0n) is 78.8. The first-order valence-corrected chi connectivity index (χ1v) is 51.9. The largest absolute Gasteiger partial charge is 0.343 e. The molecule has 0 saturated heterocycles. The van der Waals surface area contributed by atoms with Crippen LogP contribution in [-0.2, 0) is 19.5 Å². The summed E-state index contributed by atoms with van der Waals surface area (Å²) in [7, 11) is 4.38. The number of hydrogen-bond donors (Lipinski definition) is 0. The number of rotatable bonds is 3. The van der Waals surface area contributed by atoms with E-state index in [0.717, 1.165) is 0 Å². The maximum atomic E-state index is 2.46. The van der Waals surface area contributed by atoms with Gasteiger partial charge in [0.25, 0.3) is 0 Å². The predicted molar refractivity (Wildman–Crippen MR) is 617 cm³/mol. The topological polar surface area (TPSA) is 24.6 Å². The molecule has 0 radical (unpaired) electrons. The lowest BCUT2D eigenvalue weighted by Crippen LogP contribution is -2.14. The van der Waals surface area contributed by atoms with Crippen molar-refractivity contribution >= 4 is 278 Å². The highest BCUT2D eigenvalue weighted by Crippen LogP contribution is 2.56. The Labute approximate surface area is 828 Å². The molecule has 668 valence electrons. The standard InChI is InChI=1S/2C29H19NS.C28H23N.2C23H15NS/c1-18-9-8-10-19(17-18)30-24-15-6-4-13-22(24)26-27-23-14-5-7-16-25(23)31-29(27)21-12-3-2-11-20(21)28(26)30;1-18-9-8-10-19(17-18)30-24-15-6-4-13-22(24)27-28(30)21-12-3-2-11-20(21)26-23-14-5-7-16-25(23)31-29(26)27;1-18-12-14-19(15-13-18)29-26-11-7-5-9-21(26)23-16-22-20-8-4-6-10-24(20)28(2,3)25(22)17-27(23)29;1-24-18-12-6-4-10-16(18)20-21-17-11-5-7-13-19(17)25-23(21)15-9-3-2-8-14(15)22(20)24;1-24-18-12-6-4-10-16(18)21-22(24)15-9-3-2-8-14(15)20-17-11-5-7-13-19(17)25-23(20)21/h2*2-17H,1H3;4-17H,1-3H3;2*2-13H,1H3. The Morgan fingerprint density at radius 3 is 0.993 bits per heavy atom. The molecule has 32 rings (SSSR count). The number of thiophene rings is 4. The van der Waals surface area contributed by atoms with Crippen molar-refractivity contribution in [3.05, 3.63) is 452 Å². The third-order valence-electron chi connectivity index (χ3n) is 30.2. The van der Waals surface area contributed by atoms with Crippen LogP contribution in [0.2, 0.25) is 0 Å². The zero-order chi connectivity index (χ0) is 93.9. The Morgan fingerprint density at radius 2 is 0.511 bits per heavy atom. The van der Waals surface area contributed by atoms with E-state index < -0.39 is 0 Å². The quantitative estimate of drug-likeness (QED) is 0.168. The Morgan fingerprint density at radius 1 is 0.184 bits per heavy atom. The van der Waals surface area contributed by atoms with Gasteiger partial charge in [-0.2, -0.15) is 0 Å². The SMILES string of the molecule is Cc1ccc(-n2c3ccccc3c3cc4c(cc32)C(C)(C)c2ccccc2-4)cc1.Cc1cccc(-n2c3ccccc3c3c4c5ccccc5sc4c4ccccc4c32)c1.Cc1cccc(-n2c3ccccc3c3c4sc5ccccc5c4c4ccccc4c32)c1.Cn1c2ccccc2c2c3c4ccccc4sc3c3ccccc3c21.Cn1c2ccccc2c2c3sc4ccccc4c3c3ccccc3c21. The van der Waals surface area contributed by atoms with Gasteiger partial charge >= 0.3 is 0 Å². The zero-order valence-corrected chi connectivity index (χ0v) is 82.0. The van der Waals surface area contributed by atoms with Gasteiger partial charge in [0, 0.05) is 214 Å². The minimum atomic E-state index is 0.00861. The van der Waals surface area contributed by atoms with Gasteiger partial charge in [0.2, 0.25) is 0 Å². The third kappa shape index (κ3) is 12.5. The first kappa shape index (κ1) is 83.0. The van der Waals surface area contributed by atoms with Gasteiger partial charge in [-0.25, -0.2) is 0 Å². The molecule has 0 unspecified atom stereocenters. The van der Waals surface area contributed by atoms with E-state index in [1.165, 1.54) is 289 Å². The maximum Gasteiger partial charge on any atom is 0.0634 e. The Kier molecular flexibility index (Phi) is 18.9. The molecule has 0 N–H and O–H groups in total. The van der Waals surface area contributed by atoms with Crippen molar-refractivity contribution in [2.45, 2.75) is 40.0 Å². The van der Waals surface area contributed by atoms with Crippen LogP contribution in [0.25, 0.3) is 261 Å². The molecule has 31 aromatic rings. The van der Waals surface area contributed by atoms with Crippen molar-refractivity contribution in [3.63, 3.8) is 0 Å². The predicted octanol–water partition coefficient (Wildman–Crippen LogP) is 38.3. The van der Waals surface area contributed by atoms with Crippen LogP contribution >= 0.6 is 45.3 Å². The highest BCUT2D eigenvalue weighted by molar-refractivity contribution is 7.28. The summed E-state index contributed by atoms with van der Waals surface area (Å²) in [6, 6.07) is 155. The number of aromatic nitrogens is 5. The van der Waals surface area contributed by atoms with Crippen molar-refractivity contribution in [1.29, 1.82) is 0 Å². The summed E-state index contributed by atoms with van der Waals surface area (Å²) in [5.74, 6) is 0. The summed E-state index contributed by atoms with van der Waals surface area (Å²) >= 11 is 7.67. The number of fused-ring (bicyclic) bond motifs is 46. The second-order valence-corrected chi connectivity index (χ2v) is 42.8. The Hall–Kier alpha value is -16.2. The lowest BCUT2D eigenvalue weighted by Gasteiger charge is -2.21. The molecule has 0 amide bonds. The first-order valence-electron chi connectivity index (χ1n) is 48.6. The second kappa shape index (κ2) is 32.2. The summed E-state index contributed by atoms with van der Waals surface area (Å²) in [4.78, 5) is 0. The molecule has 9 heteroatoms. The monoisotopic (exact) mass is 1870 g/mol. The molecular weight excluding hydrogens is 1780 g/mol. The molecule has 0 fully saturated rings. The van der Waals surface area contributed by atoms with Crippen molar-refractivity contribution in [2.24, 2.45) is 14.1 Å². The highest BCUT2D eigenvalue weighted by Gasteiger charge is 2.37. The van der Waals surface area contributed by atoms with Crippen LogP contribution in [0.3, 0.4) is 0 Å². The van der Waals surface area contributed by atoms with Crippen LogP contribution in [0.15, 0.2) is 425 Å². The molecule has 9 aromatic heterocycles. The van der Waals surface area contributed by atoms with Crippen LogP contribution in [0.4, 0.5) is 0 Å². The van der Waals surface area contributed by atoms with Gasteiger partial charge < -0.3 is 22.8 Å². The molecule has 0 atom stereocenters. The van der Waals surface area contributed by atoms with Crippen LogP contribution < -0.4 is 0 Å². The van der Waals surface area contributed by atoms with Crippen molar-refractivity contribution < 1.29 is 0 Å². The summed E-state index contributed by atoms with van der Waals surface area (Å²) in [6.45, 7) is 11.2. The molecule has 0 bridgehead atoms. The van der Waals surface area contributed by atoms with E-state index in [-0.39, 0.29) is 5.41 Å². The summed E-state index contributed by atoms with van der Waals surface area (Å²) in [5.41, 5.74) is 26.1. The van der Waals surface area contributed by atoms with Gasteiger partial charge in [0.15, 0.2) is 0 Å². The Balaban J connectivity index is 0.0000000865. The second-order valence-electron chi connectivity index (χ2n) is 38.6. The van der Waals surface area contributed by atoms with Gasteiger partial charge in [-0.3, -0.25) is 0 Å². The van der Waals surface area contributed by atoms with Crippen LogP contribution in [0.5, 0.6) is 0 Å². The summed E-state index contributed by atoms with van der Waals surface area (Å²) < 4.78 is 23.1. The van der Waals surface area contributed by atoms with Gasteiger partial charge in [-0.15, -0.1) is 45.3 Å². The van der Waals surface area contributed by atoms with Gasteiger partial charge in [0.1, 0.15) is 0 Å². The average molecular weight is 1880 g/mol. The van der Waals surface area contributed by atoms with E-state index in [1.54, 1.807) is 0 Å². The molecule has 1 aliphatic rings. The van der Waals surface area contributed by atoms with E-state index in [1.807, 2.05) is 45.3 Å². The fraction of sp³-hybridized carbons (Fsp3) is 0.0606. The fourth-order valence-electron chi connectivity index (χ4n) is 24.1. The molecule has 22 aromatic carbocycles. The number of aryl methyl sites for hydroxylation is 5. The van der Waals surface area contributed by atoms with Gasteiger partial charge in [-0.05, 0) is 168 Å². The molecule has 5 nitrogen and oxygen atoms in total. The number of hydrogen-bond acceptors (Lipinski definition) is 4. The maximum absolute atomic E-state index is 2.46. The number of nitrogens with zero attached hydrogens (tertiary/aromatic N) is 5. The first-order chi connectivity index (χ1) is 69.4. The Bertz CT molecular complexity index is 10700. The lowest BCUT2D eigenvalue weighted by atomic mass is 9.82. The summed E-state index contributed by atoms with van der Waals surface area (Å²) in [6.07, 6.45) is 0. The third-order valence-corrected chi connectivity index (χ3v) is 35.0. The molecule has 0 aliphatic heterocycles. The minimum absolute atomic E-state index is 0.00861. The van der Waals surface area contributed by atoms with Gasteiger partial charge in [0.05, 0.1) is 44.1 Å². The highest BCUT2D eigenvalue weighted by atomic mass is 32.1. The minimum Gasteiger partial charge on any atom is -0.343 e. The smallest absolute Gasteiger partial charge is 0.0634 e. The molecule has 0 spiro atoms. The van der Waals surface area contributed by atoms with E-state index in [0.29, 0.717) is 0 Å². The summed E-state index contributed by atoms with van der Waals surface area (Å²) in [5, 5.41) is 35.2. The van der Waals surface area contributed by atoms with E-state index >= 15 is 0 Å². The molecule has 1 aliphatic carbocycles. The van der Waals surface area contributed by atoms with Crippen LogP contribution in [-0.4, -0.2) is 22.8 Å². The van der Waals surface area contributed by atoms with E-state index in [2.05, 4.69) is 496 Å². The van der Waals surface area contributed by atoms with Crippen LogP contribution in [0.1, 0.15) is 41.7 Å². The average Bonchev–Trinajstić information content (AvgIpc) is 1.55. The number of para-hydroxylation sites is 5. The molecular formula is C132H91N5S4.